The van der Waals surface area contributed by atoms with Gasteiger partial charge >= 0.3 is 5.97 Å². The zero-order valence-corrected chi connectivity index (χ0v) is 17.3. The number of carbonyl (C=O) groups is 1. The van der Waals surface area contributed by atoms with Crippen LogP contribution >= 0.6 is 11.6 Å². The second-order valence-corrected chi connectivity index (χ2v) is 6.81. The summed E-state index contributed by atoms with van der Waals surface area (Å²) in [6.07, 6.45) is 1.66. The highest BCUT2D eigenvalue weighted by molar-refractivity contribution is 6.30. The summed E-state index contributed by atoms with van der Waals surface area (Å²) in [4.78, 5) is 21.5. The number of halogens is 1. The molecule has 7 nitrogen and oxygen atoms in total. The van der Waals surface area contributed by atoms with E-state index in [4.69, 9.17) is 30.8 Å². The summed E-state index contributed by atoms with van der Waals surface area (Å²) in [5.41, 5.74) is 3.00. The van der Waals surface area contributed by atoms with Crippen LogP contribution in [-0.4, -0.2) is 41.8 Å². The molecule has 0 saturated heterocycles. The number of methoxy groups -OCH3 is 3. The van der Waals surface area contributed by atoms with E-state index in [0.717, 1.165) is 11.0 Å². The zero-order valence-electron chi connectivity index (χ0n) is 16.5. The summed E-state index contributed by atoms with van der Waals surface area (Å²) in [5, 5.41) is 0.542. The van der Waals surface area contributed by atoms with Gasteiger partial charge in [-0.15, -0.1) is 0 Å². The minimum absolute atomic E-state index is 0.340. The van der Waals surface area contributed by atoms with Crippen LogP contribution in [0.2, 0.25) is 5.02 Å². The van der Waals surface area contributed by atoms with Gasteiger partial charge < -0.3 is 14.2 Å². The van der Waals surface area contributed by atoms with Gasteiger partial charge in [-0.25, -0.2) is 14.8 Å². The molecule has 4 aromatic rings. The van der Waals surface area contributed by atoms with Crippen molar-refractivity contribution < 1.29 is 19.0 Å². The third-order valence-electron chi connectivity index (χ3n) is 4.68. The number of ether oxygens (including phenoxy) is 3. The van der Waals surface area contributed by atoms with Crippen molar-refractivity contribution in [2.75, 3.05) is 21.3 Å². The smallest absolute Gasteiger partial charge is 0.340 e. The molecule has 2 aromatic carbocycles. The topological polar surface area (TPSA) is 75.5 Å². The Morgan fingerprint density at radius 2 is 1.77 bits per heavy atom. The average Bonchev–Trinajstić information content (AvgIpc) is 3.19. The van der Waals surface area contributed by atoms with E-state index in [1.807, 2.05) is 16.7 Å². The maximum absolute atomic E-state index is 12.3. The average molecular weight is 424 g/mol. The number of esters is 1. The van der Waals surface area contributed by atoms with Crippen LogP contribution in [0.25, 0.3) is 28.1 Å². The third kappa shape index (κ3) is 3.44. The number of rotatable bonds is 5. The molecule has 0 N–H and O–H groups in total. The van der Waals surface area contributed by atoms with Crippen LogP contribution < -0.4 is 9.47 Å². The van der Waals surface area contributed by atoms with Crippen molar-refractivity contribution in [2.24, 2.45) is 0 Å². The predicted molar refractivity (Wildman–Crippen MR) is 114 cm³/mol. The molecule has 0 spiro atoms. The first-order valence-electron chi connectivity index (χ1n) is 9.00. The molecule has 0 atom stereocenters. The number of hydrogen-bond donors (Lipinski definition) is 0. The van der Waals surface area contributed by atoms with Gasteiger partial charge in [-0.1, -0.05) is 23.7 Å². The van der Waals surface area contributed by atoms with E-state index < -0.39 is 5.97 Å². The van der Waals surface area contributed by atoms with Crippen LogP contribution in [0.5, 0.6) is 11.5 Å². The highest BCUT2D eigenvalue weighted by Gasteiger charge is 2.18. The molecule has 152 valence electrons. The molecule has 0 aliphatic rings. The van der Waals surface area contributed by atoms with E-state index in [1.165, 1.54) is 7.11 Å². The van der Waals surface area contributed by atoms with Gasteiger partial charge in [0, 0.05) is 22.7 Å². The Hall–Kier alpha value is -3.58. The standard InChI is InChI=1S/C22H18ClN3O4/c1-28-18-10-16-17(11-19(18)29-2)26(12-24-16)20-8-7-15(22(27)30-3)21(25-20)13-5-4-6-14(23)9-13/h4-12H,1-3H3. The van der Waals surface area contributed by atoms with Gasteiger partial charge in [0.25, 0.3) is 0 Å². The van der Waals surface area contributed by atoms with E-state index in [1.54, 1.807) is 56.9 Å². The molecule has 0 radical (unpaired) electrons. The number of fused-ring (bicyclic) bond motifs is 1. The van der Waals surface area contributed by atoms with Crippen molar-refractivity contribution in [3.05, 3.63) is 65.4 Å². The highest BCUT2D eigenvalue weighted by Crippen LogP contribution is 2.33. The summed E-state index contributed by atoms with van der Waals surface area (Å²) < 4.78 is 17.5. The molecule has 30 heavy (non-hydrogen) atoms. The summed E-state index contributed by atoms with van der Waals surface area (Å²) in [6.45, 7) is 0. The molecule has 2 heterocycles. The molecule has 4 rings (SSSR count). The van der Waals surface area contributed by atoms with Crippen molar-refractivity contribution in [2.45, 2.75) is 0 Å². The van der Waals surface area contributed by atoms with Gasteiger partial charge in [0.15, 0.2) is 11.5 Å². The van der Waals surface area contributed by atoms with Crippen LogP contribution in [0.15, 0.2) is 54.9 Å². The Balaban J connectivity index is 1.92. The van der Waals surface area contributed by atoms with Gasteiger partial charge in [0.1, 0.15) is 12.1 Å². The lowest BCUT2D eigenvalue weighted by molar-refractivity contribution is 0.0601. The van der Waals surface area contributed by atoms with Crippen molar-refractivity contribution in [1.29, 1.82) is 0 Å². The van der Waals surface area contributed by atoms with Crippen molar-refractivity contribution in [1.82, 2.24) is 14.5 Å². The van der Waals surface area contributed by atoms with Crippen LogP contribution in [0.3, 0.4) is 0 Å². The van der Waals surface area contributed by atoms with Gasteiger partial charge in [0.05, 0.1) is 43.6 Å². The first kappa shape index (κ1) is 19.7. The van der Waals surface area contributed by atoms with Crippen LogP contribution in [0.1, 0.15) is 10.4 Å². The minimum Gasteiger partial charge on any atom is -0.493 e. The summed E-state index contributed by atoms with van der Waals surface area (Å²) in [6, 6.07) is 14.2. The molecule has 0 aliphatic carbocycles. The first-order valence-corrected chi connectivity index (χ1v) is 9.38. The molecular weight excluding hydrogens is 406 g/mol. The fourth-order valence-electron chi connectivity index (χ4n) is 3.23. The predicted octanol–water partition coefficient (Wildman–Crippen LogP) is 4.54. The minimum atomic E-state index is -0.481. The number of imidazole rings is 1. The van der Waals surface area contributed by atoms with Crippen molar-refractivity contribution >= 4 is 28.6 Å². The van der Waals surface area contributed by atoms with E-state index in [9.17, 15) is 4.79 Å². The van der Waals surface area contributed by atoms with Gasteiger partial charge in [0.2, 0.25) is 0 Å². The number of nitrogens with zero attached hydrogens (tertiary/aromatic N) is 3. The van der Waals surface area contributed by atoms with Gasteiger partial charge in [-0.3, -0.25) is 4.57 Å². The first-order chi connectivity index (χ1) is 14.5. The van der Waals surface area contributed by atoms with E-state index in [2.05, 4.69) is 4.98 Å². The molecule has 0 amide bonds. The fraction of sp³-hybridized carbons (Fsp3) is 0.136. The normalized spacial score (nSPS) is 10.8. The third-order valence-corrected chi connectivity index (χ3v) is 4.92. The lowest BCUT2D eigenvalue weighted by atomic mass is 10.1. The Labute approximate surface area is 177 Å². The summed E-state index contributed by atoms with van der Waals surface area (Å²) >= 11 is 6.16. The van der Waals surface area contributed by atoms with Crippen molar-refractivity contribution in [3.8, 4) is 28.6 Å². The second kappa shape index (κ2) is 8.04. The Bertz CT molecular complexity index is 1250. The van der Waals surface area contributed by atoms with Crippen LogP contribution in [-0.2, 0) is 4.74 Å². The van der Waals surface area contributed by atoms with Gasteiger partial charge in [-0.2, -0.15) is 0 Å². The van der Waals surface area contributed by atoms with E-state index in [0.29, 0.717) is 39.2 Å². The molecule has 8 heteroatoms. The molecule has 0 unspecified atom stereocenters. The monoisotopic (exact) mass is 423 g/mol. The molecular formula is C22H18ClN3O4. The van der Waals surface area contributed by atoms with Gasteiger partial charge in [-0.05, 0) is 24.3 Å². The SMILES string of the molecule is COC(=O)c1ccc(-n2cnc3cc(OC)c(OC)cc32)nc1-c1cccc(Cl)c1. The van der Waals surface area contributed by atoms with Crippen molar-refractivity contribution in [3.63, 3.8) is 0 Å². The molecule has 0 fully saturated rings. The molecule has 0 bridgehead atoms. The lowest BCUT2D eigenvalue weighted by Gasteiger charge is -2.12. The van der Waals surface area contributed by atoms with E-state index >= 15 is 0 Å². The Kier molecular flexibility index (Phi) is 5.29. The maximum Gasteiger partial charge on any atom is 0.340 e. The Morgan fingerprint density at radius 1 is 1.00 bits per heavy atom. The lowest BCUT2D eigenvalue weighted by Crippen LogP contribution is -2.07. The van der Waals surface area contributed by atoms with Crippen LogP contribution in [0.4, 0.5) is 0 Å². The molecule has 0 aliphatic heterocycles. The Morgan fingerprint density at radius 3 is 2.47 bits per heavy atom. The number of pyridine rings is 1. The summed E-state index contributed by atoms with van der Waals surface area (Å²) in [5.74, 6) is 1.26. The molecule has 2 aromatic heterocycles. The number of hydrogen-bond acceptors (Lipinski definition) is 6. The largest absolute Gasteiger partial charge is 0.493 e. The van der Waals surface area contributed by atoms with Crippen LogP contribution in [0, 0.1) is 0 Å². The number of benzene rings is 2. The number of aromatic nitrogens is 3. The number of carbonyl (C=O) groups excluding carboxylic acids is 1. The zero-order chi connectivity index (χ0) is 21.3. The molecule has 0 saturated carbocycles. The fourth-order valence-corrected chi connectivity index (χ4v) is 3.42. The second-order valence-electron chi connectivity index (χ2n) is 6.38. The van der Waals surface area contributed by atoms with E-state index in [-0.39, 0.29) is 0 Å². The maximum atomic E-state index is 12.3. The quantitative estimate of drug-likeness (QED) is 0.438. The summed E-state index contributed by atoms with van der Waals surface area (Å²) in [7, 11) is 4.48. The highest BCUT2D eigenvalue weighted by atomic mass is 35.5.